The summed E-state index contributed by atoms with van der Waals surface area (Å²) in [5, 5.41) is 25.5. The Hall–Kier alpha value is -1.83. The van der Waals surface area contributed by atoms with E-state index in [-0.39, 0.29) is 6.10 Å². The predicted octanol–water partition coefficient (Wildman–Crippen LogP) is 2.62. The smallest absolute Gasteiger partial charge is 0.404 e. The van der Waals surface area contributed by atoms with E-state index in [1.54, 1.807) is 7.11 Å². The highest BCUT2D eigenvalue weighted by Crippen LogP contribution is 2.10. The van der Waals surface area contributed by atoms with Gasteiger partial charge >= 0.3 is 6.09 Å². The summed E-state index contributed by atoms with van der Waals surface area (Å²) < 4.78 is 4.97. The largest absolute Gasteiger partial charge is 0.497 e. The van der Waals surface area contributed by atoms with Gasteiger partial charge in [0.2, 0.25) is 0 Å². The Kier molecular flexibility index (Phi) is 16.2. The van der Waals surface area contributed by atoms with Crippen LogP contribution in [-0.4, -0.2) is 62.2 Å². The van der Waals surface area contributed by atoms with E-state index in [4.69, 9.17) is 14.9 Å². The van der Waals surface area contributed by atoms with Gasteiger partial charge in [-0.2, -0.15) is 0 Å². The average Bonchev–Trinajstić information content (AvgIpc) is 3.39. The Bertz CT molecular complexity index is 485. The van der Waals surface area contributed by atoms with Crippen molar-refractivity contribution in [2.24, 2.45) is 5.92 Å². The molecule has 2 aliphatic rings. The maximum atomic E-state index is 10.0. The number of aliphatic hydroxyl groups excluding tert-OH is 1. The average molecular weight is 398 g/mol. The van der Waals surface area contributed by atoms with E-state index in [0.717, 1.165) is 44.8 Å². The van der Waals surface area contributed by atoms with E-state index in [1.807, 2.05) is 38.1 Å². The number of hydrogen-bond donors (Lipinski definition) is 5. The zero-order chi connectivity index (χ0) is 21.2. The summed E-state index contributed by atoms with van der Waals surface area (Å²) in [6, 6.07) is 7.96. The van der Waals surface area contributed by atoms with Crippen molar-refractivity contribution >= 4 is 6.09 Å². The summed E-state index contributed by atoms with van der Waals surface area (Å²) in [6.07, 6.45) is 2.08. The number of aliphatic hydroxyl groups is 1. The molecular formula is C21H39N3O4. The van der Waals surface area contributed by atoms with Gasteiger partial charge in [0.05, 0.1) is 13.2 Å². The van der Waals surface area contributed by atoms with Gasteiger partial charge in [0.25, 0.3) is 0 Å². The van der Waals surface area contributed by atoms with Crippen molar-refractivity contribution in [2.75, 3.05) is 39.8 Å². The van der Waals surface area contributed by atoms with Crippen LogP contribution in [0.2, 0.25) is 0 Å². The number of ether oxygens (including phenoxy) is 1. The quantitative estimate of drug-likeness (QED) is 0.535. The molecule has 2 saturated heterocycles. The number of β-amino-alcohol motifs (C(OH)–C–C–N with tert-alkyl or cyclic N) is 1. The van der Waals surface area contributed by atoms with Gasteiger partial charge in [-0.05, 0) is 63.9 Å². The SMILES string of the molecule is CC.COc1ccc(C)cc1.O=C(O)NCCC1CCNC1.OC1CCNC1. The first-order valence-corrected chi connectivity index (χ1v) is 10.2. The fourth-order valence-electron chi connectivity index (χ4n) is 2.66. The predicted molar refractivity (Wildman–Crippen MR) is 114 cm³/mol. The van der Waals surface area contributed by atoms with Gasteiger partial charge in [-0.15, -0.1) is 0 Å². The van der Waals surface area contributed by atoms with Crippen LogP contribution < -0.4 is 20.7 Å². The summed E-state index contributed by atoms with van der Waals surface area (Å²) >= 11 is 0. The minimum absolute atomic E-state index is 0.0648. The zero-order valence-corrected chi connectivity index (χ0v) is 17.8. The number of hydrogen-bond acceptors (Lipinski definition) is 5. The highest BCUT2D eigenvalue weighted by Gasteiger charge is 2.13. The number of carbonyl (C=O) groups is 1. The van der Waals surface area contributed by atoms with E-state index in [0.29, 0.717) is 12.5 Å². The van der Waals surface area contributed by atoms with Gasteiger partial charge in [0.15, 0.2) is 0 Å². The molecule has 0 aromatic heterocycles. The standard InChI is InChI=1S/C8H10O.C7H14N2O2.C4H9NO.C2H6/c1-7-3-5-8(9-2)6-4-7;10-7(11)9-4-2-6-1-3-8-5-6;6-4-1-2-5-3-4;1-2/h3-6H,1-2H3;6,8-9H,1-5H2,(H,10,11);4-6H,1-3H2;1-2H3. The van der Waals surface area contributed by atoms with E-state index in [9.17, 15) is 4.79 Å². The molecular weight excluding hydrogens is 358 g/mol. The van der Waals surface area contributed by atoms with E-state index < -0.39 is 6.09 Å². The molecule has 0 saturated carbocycles. The molecule has 28 heavy (non-hydrogen) atoms. The maximum absolute atomic E-state index is 10.0. The lowest BCUT2D eigenvalue weighted by Crippen LogP contribution is -2.24. The second-order valence-electron chi connectivity index (χ2n) is 6.54. The molecule has 2 aliphatic heterocycles. The summed E-state index contributed by atoms with van der Waals surface area (Å²) in [6.45, 7) is 10.5. The van der Waals surface area contributed by atoms with Gasteiger partial charge in [0.1, 0.15) is 5.75 Å². The first-order chi connectivity index (χ1) is 13.5. The van der Waals surface area contributed by atoms with Crippen LogP contribution in [0.15, 0.2) is 24.3 Å². The van der Waals surface area contributed by atoms with Gasteiger partial charge in [-0.25, -0.2) is 4.79 Å². The van der Waals surface area contributed by atoms with E-state index in [2.05, 4.69) is 22.9 Å². The number of rotatable bonds is 4. The molecule has 3 rings (SSSR count). The molecule has 2 heterocycles. The Morgan fingerprint density at radius 2 is 1.75 bits per heavy atom. The monoisotopic (exact) mass is 397 g/mol. The van der Waals surface area contributed by atoms with Crippen LogP contribution in [0, 0.1) is 12.8 Å². The third-order valence-corrected chi connectivity index (χ3v) is 4.28. The van der Waals surface area contributed by atoms with Crippen molar-refractivity contribution in [3.05, 3.63) is 29.8 Å². The fraction of sp³-hybridized carbons (Fsp3) is 0.667. The molecule has 2 unspecified atom stereocenters. The van der Waals surface area contributed by atoms with E-state index in [1.165, 1.54) is 12.0 Å². The summed E-state index contributed by atoms with van der Waals surface area (Å²) in [5.74, 6) is 1.59. The third-order valence-electron chi connectivity index (χ3n) is 4.28. The second kappa shape index (κ2) is 17.3. The summed E-state index contributed by atoms with van der Waals surface area (Å²) in [4.78, 5) is 10.0. The minimum atomic E-state index is -0.920. The summed E-state index contributed by atoms with van der Waals surface area (Å²) in [5.41, 5.74) is 1.26. The first-order valence-electron chi connectivity index (χ1n) is 10.2. The van der Waals surface area contributed by atoms with Crippen molar-refractivity contribution in [2.45, 2.75) is 46.1 Å². The van der Waals surface area contributed by atoms with Crippen LogP contribution in [0.5, 0.6) is 5.75 Å². The van der Waals surface area contributed by atoms with Gasteiger partial charge < -0.3 is 30.9 Å². The third kappa shape index (κ3) is 14.3. The van der Waals surface area contributed by atoms with Crippen molar-refractivity contribution < 1.29 is 19.7 Å². The Morgan fingerprint density at radius 1 is 1.14 bits per heavy atom. The molecule has 0 spiro atoms. The summed E-state index contributed by atoms with van der Waals surface area (Å²) in [7, 11) is 1.67. The Morgan fingerprint density at radius 3 is 2.14 bits per heavy atom. The normalized spacial score (nSPS) is 19.8. The van der Waals surface area contributed by atoms with Gasteiger partial charge in [-0.1, -0.05) is 31.5 Å². The lowest BCUT2D eigenvalue weighted by molar-refractivity contribution is 0.193. The van der Waals surface area contributed by atoms with Crippen LogP contribution >= 0.6 is 0 Å². The molecule has 1 aromatic carbocycles. The molecule has 162 valence electrons. The van der Waals surface area contributed by atoms with Crippen molar-refractivity contribution in [1.82, 2.24) is 16.0 Å². The fourth-order valence-corrected chi connectivity index (χ4v) is 2.66. The first kappa shape index (κ1) is 26.2. The van der Waals surface area contributed by atoms with Gasteiger partial charge in [0, 0.05) is 13.1 Å². The molecule has 0 bridgehead atoms. The van der Waals surface area contributed by atoms with Crippen molar-refractivity contribution in [1.29, 1.82) is 0 Å². The highest BCUT2D eigenvalue weighted by atomic mass is 16.5. The molecule has 7 heteroatoms. The Balaban J connectivity index is 0.000000387. The number of aryl methyl sites for hydroxylation is 1. The molecule has 0 aliphatic carbocycles. The molecule has 2 fully saturated rings. The Labute approximate surface area is 169 Å². The molecule has 5 N–H and O–H groups in total. The van der Waals surface area contributed by atoms with Crippen molar-refractivity contribution in [3.63, 3.8) is 0 Å². The minimum Gasteiger partial charge on any atom is -0.497 e. The van der Waals surface area contributed by atoms with Crippen LogP contribution in [-0.2, 0) is 0 Å². The lowest BCUT2D eigenvalue weighted by atomic mass is 10.1. The highest BCUT2D eigenvalue weighted by molar-refractivity contribution is 5.64. The topological polar surface area (TPSA) is 103 Å². The number of carboxylic acid groups (broad SMARTS) is 1. The number of amides is 1. The second-order valence-corrected chi connectivity index (χ2v) is 6.54. The zero-order valence-electron chi connectivity index (χ0n) is 17.8. The molecule has 2 atom stereocenters. The van der Waals surface area contributed by atoms with Crippen LogP contribution in [0.1, 0.15) is 38.7 Å². The molecule has 1 aromatic rings. The van der Waals surface area contributed by atoms with E-state index >= 15 is 0 Å². The number of benzene rings is 1. The van der Waals surface area contributed by atoms with Crippen LogP contribution in [0.4, 0.5) is 4.79 Å². The number of methoxy groups -OCH3 is 1. The maximum Gasteiger partial charge on any atom is 0.404 e. The number of nitrogens with one attached hydrogen (secondary N) is 3. The van der Waals surface area contributed by atoms with Crippen LogP contribution in [0.25, 0.3) is 0 Å². The lowest BCUT2D eigenvalue weighted by Gasteiger charge is -2.06. The molecule has 0 radical (unpaired) electrons. The molecule has 7 nitrogen and oxygen atoms in total. The molecule has 1 amide bonds. The van der Waals surface area contributed by atoms with Crippen molar-refractivity contribution in [3.8, 4) is 5.75 Å². The van der Waals surface area contributed by atoms with Crippen LogP contribution in [0.3, 0.4) is 0 Å². The van der Waals surface area contributed by atoms with Gasteiger partial charge in [-0.3, -0.25) is 0 Å².